The molecule has 2 rings (SSSR count). The average molecular weight is 297 g/mol. The molecule has 6 heteroatoms. The van der Waals surface area contributed by atoms with Gasteiger partial charge in [-0.25, -0.2) is 13.6 Å². The van der Waals surface area contributed by atoms with E-state index in [1.165, 1.54) is 12.1 Å². The molecule has 1 aromatic carbocycles. The highest BCUT2D eigenvalue weighted by Gasteiger charge is 2.22. The molecule has 0 unspecified atom stereocenters. The number of benzene rings is 1. The highest BCUT2D eigenvalue weighted by Crippen LogP contribution is 2.21. The van der Waals surface area contributed by atoms with Crippen LogP contribution in [0.1, 0.15) is 19.8 Å². The normalized spacial score (nSPS) is 15.2. The lowest BCUT2D eigenvalue weighted by atomic mass is 10.2. The van der Waals surface area contributed by atoms with E-state index in [4.69, 9.17) is 0 Å². The standard InChI is InChI=1S/C15H21F2N3O/c1-2-3-6-18-15(21)20-9-7-19(8-10-20)14-5-4-12(16)11-13(14)17/h4-5,11H,2-3,6-10H2,1H3,(H,18,21). The maximum absolute atomic E-state index is 13.7. The Hall–Kier alpha value is -1.85. The molecule has 1 heterocycles. The van der Waals surface area contributed by atoms with Crippen molar-refractivity contribution in [3.8, 4) is 0 Å². The predicted octanol–water partition coefficient (Wildman–Crippen LogP) is 2.60. The van der Waals surface area contributed by atoms with E-state index >= 15 is 0 Å². The van der Waals surface area contributed by atoms with E-state index in [2.05, 4.69) is 12.2 Å². The van der Waals surface area contributed by atoms with E-state index in [1.807, 2.05) is 4.90 Å². The molecule has 1 fully saturated rings. The Balaban J connectivity index is 1.86. The van der Waals surface area contributed by atoms with Gasteiger partial charge in [-0.2, -0.15) is 0 Å². The van der Waals surface area contributed by atoms with Crippen LogP contribution in [0.5, 0.6) is 0 Å². The zero-order valence-corrected chi connectivity index (χ0v) is 12.2. The number of nitrogens with one attached hydrogen (secondary N) is 1. The minimum atomic E-state index is -0.579. The number of carbonyl (C=O) groups is 1. The first-order valence-corrected chi connectivity index (χ1v) is 7.34. The van der Waals surface area contributed by atoms with Gasteiger partial charge in [0.2, 0.25) is 0 Å². The zero-order valence-electron chi connectivity index (χ0n) is 12.2. The number of unbranched alkanes of at least 4 members (excludes halogenated alkanes) is 1. The van der Waals surface area contributed by atoms with E-state index in [9.17, 15) is 13.6 Å². The molecule has 1 saturated heterocycles. The molecule has 21 heavy (non-hydrogen) atoms. The molecule has 1 aliphatic rings. The maximum atomic E-state index is 13.7. The fourth-order valence-corrected chi connectivity index (χ4v) is 2.37. The molecule has 1 N–H and O–H groups in total. The number of hydrogen-bond donors (Lipinski definition) is 1. The van der Waals surface area contributed by atoms with Crippen LogP contribution in [0.3, 0.4) is 0 Å². The van der Waals surface area contributed by atoms with Gasteiger partial charge in [0.05, 0.1) is 5.69 Å². The molecule has 0 spiro atoms. The molecule has 0 aliphatic carbocycles. The molecule has 116 valence electrons. The zero-order chi connectivity index (χ0) is 15.2. The van der Waals surface area contributed by atoms with Gasteiger partial charge in [-0.3, -0.25) is 0 Å². The molecule has 0 saturated carbocycles. The van der Waals surface area contributed by atoms with Crippen molar-refractivity contribution in [1.82, 2.24) is 10.2 Å². The largest absolute Gasteiger partial charge is 0.366 e. The number of anilines is 1. The lowest BCUT2D eigenvalue weighted by Crippen LogP contribution is -2.52. The maximum Gasteiger partial charge on any atom is 0.317 e. The summed E-state index contributed by atoms with van der Waals surface area (Å²) in [5, 5.41) is 2.87. The van der Waals surface area contributed by atoms with Crippen molar-refractivity contribution in [3.63, 3.8) is 0 Å². The second kappa shape index (κ2) is 7.24. The number of carbonyl (C=O) groups excluding carboxylic acids is 1. The van der Waals surface area contributed by atoms with Crippen molar-refractivity contribution in [2.24, 2.45) is 0 Å². The second-order valence-corrected chi connectivity index (χ2v) is 5.16. The van der Waals surface area contributed by atoms with Crippen LogP contribution in [0, 0.1) is 11.6 Å². The van der Waals surface area contributed by atoms with Crippen molar-refractivity contribution in [3.05, 3.63) is 29.8 Å². The summed E-state index contributed by atoms with van der Waals surface area (Å²) < 4.78 is 26.6. The number of urea groups is 1. The first-order valence-electron chi connectivity index (χ1n) is 7.34. The van der Waals surface area contributed by atoms with Gasteiger partial charge in [0.1, 0.15) is 11.6 Å². The molecular weight excluding hydrogens is 276 g/mol. The molecule has 0 aromatic heterocycles. The number of piperazine rings is 1. The number of amides is 2. The van der Waals surface area contributed by atoms with Crippen molar-refractivity contribution < 1.29 is 13.6 Å². The third-order valence-corrected chi connectivity index (χ3v) is 3.62. The van der Waals surface area contributed by atoms with E-state index in [0.717, 1.165) is 18.9 Å². The highest BCUT2D eigenvalue weighted by atomic mass is 19.1. The Labute approximate surface area is 123 Å². The third kappa shape index (κ3) is 4.06. The Kier molecular flexibility index (Phi) is 5.36. The fourth-order valence-electron chi connectivity index (χ4n) is 2.37. The van der Waals surface area contributed by atoms with Gasteiger partial charge < -0.3 is 15.1 Å². The first-order chi connectivity index (χ1) is 10.1. The topological polar surface area (TPSA) is 35.6 Å². The third-order valence-electron chi connectivity index (χ3n) is 3.62. The minimum absolute atomic E-state index is 0.0670. The lowest BCUT2D eigenvalue weighted by molar-refractivity contribution is 0.194. The van der Waals surface area contributed by atoms with Crippen LogP contribution in [0.25, 0.3) is 0 Å². The van der Waals surface area contributed by atoms with Crippen molar-refractivity contribution >= 4 is 11.7 Å². The van der Waals surface area contributed by atoms with E-state index in [0.29, 0.717) is 38.4 Å². The van der Waals surface area contributed by atoms with E-state index < -0.39 is 11.6 Å². The summed E-state index contributed by atoms with van der Waals surface area (Å²) in [6, 6.07) is 3.52. The number of nitrogens with zero attached hydrogens (tertiary/aromatic N) is 2. The summed E-state index contributed by atoms with van der Waals surface area (Å²) in [5.74, 6) is -1.14. The summed E-state index contributed by atoms with van der Waals surface area (Å²) in [4.78, 5) is 15.5. The molecule has 0 radical (unpaired) electrons. The molecule has 0 atom stereocenters. The van der Waals surface area contributed by atoms with Gasteiger partial charge in [-0.15, -0.1) is 0 Å². The quantitative estimate of drug-likeness (QED) is 0.867. The second-order valence-electron chi connectivity index (χ2n) is 5.16. The average Bonchev–Trinajstić information content (AvgIpc) is 2.48. The van der Waals surface area contributed by atoms with Gasteiger partial charge in [0, 0.05) is 38.8 Å². The summed E-state index contributed by atoms with van der Waals surface area (Å²) in [5.41, 5.74) is 0.391. The molecular formula is C15H21F2N3O. The Morgan fingerprint density at radius 3 is 2.57 bits per heavy atom. The van der Waals surface area contributed by atoms with Gasteiger partial charge in [-0.1, -0.05) is 13.3 Å². The van der Waals surface area contributed by atoms with Gasteiger partial charge >= 0.3 is 6.03 Å². The molecule has 2 amide bonds. The Bertz CT molecular complexity index is 488. The Morgan fingerprint density at radius 2 is 1.95 bits per heavy atom. The summed E-state index contributed by atoms with van der Waals surface area (Å²) >= 11 is 0. The minimum Gasteiger partial charge on any atom is -0.366 e. The monoisotopic (exact) mass is 297 g/mol. The SMILES string of the molecule is CCCCNC(=O)N1CCN(c2ccc(F)cc2F)CC1. The van der Waals surface area contributed by atoms with Gasteiger partial charge in [0.15, 0.2) is 0 Å². The summed E-state index contributed by atoms with van der Waals surface area (Å²) in [6.07, 6.45) is 2.00. The van der Waals surface area contributed by atoms with Crippen LogP contribution < -0.4 is 10.2 Å². The van der Waals surface area contributed by atoms with Crippen molar-refractivity contribution in [2.45, 2.75) is 19.8 Å². The van der Waals surface area contributed by atoms with Crippen LogP contribution in [-0.4, -0.2) is 43.7 Å². The van der Waals surface area contributed by atoms with Crippen LogP contribution in [0.2, 0.25) is 0 Å². The number of halogens is 2. The van der Waals surface area contributed by atoms with Crippen LogP contribution in [0.15, 0.2) is 18.2 Å². The van der Waals surface area contributed by atoms with E-state index in [1.54, 1.807) is 4.90 Å². The molecule has 1 aromatic rings. The van der Waals surface area contributed by atoms with Crippen LogP contribution in [0.4, 0.5) is 19.3 Å². The fraction of sp³-hybridized carbons (Fsp3) is 0.533. The van der Waals surface area contributed by atoms with E-state index in [-0.39, 0.29) is 6.03 Å². The summed E-state index contributed by atoms with van der Waals surface area (Å²) in [7, 11) is 0. The predicted molar refractivity (Wildman–Crippen MR) is 78.5 cm³/mol. The van der Waals surface area contributed by atoms with Gasteiger partial charge in [-0.05, 0) is 18.6 Å². The van der Waals surface area contributed by atoms with Crippen LogP contribution in [-0.2, 0) is 0 Å². The lowest BCUT2D eigenvalue weighted by Gasteiger charge is -2.36. The first kappa shape index (κ1) is 15.5. The number of rotatable bonds is 4. The van der Waals surface area contributed by atoms with Crippen LogP contribution >= 0.6 is 0 Å². The van der Waals surface area contributed by atoms with Gasteiger partial charge in [0.25, 0.3) is 0 Å². The molecule has 0 bridgehead atoms. The molecule has 1 aliphatic heterocycles. The van der Waals surface area contributed by atoms with Crippen molar-refractivity contribution in [1.29, 1.82) is 0 Å². The summed E-state index contributed by atoms with van der Waals surface area (Å²) in [6.45, 7) is 4.92. The molecule has 4 nitrogen and oxygen atoms in total. The van der Waals surface area contributed by atoms with Crippen molar-refractivity contribution in [2.75, 3.05) is 37.6 Å². The number of hydrogen-bond acceptors (Lipinski definition) is 2. The highest BCUT2D eigenvalue weighted by molar-refractivity contribution is 5.74. The Morgan fingerprint density at radius 1 is 1.24 bits per heavy atom. The smallest absolute Gasteiger partial charge is 0.317 e.